The summed E-state index contributed by atoms with van der Waals surface area (Å²) in [5.74, 6) is 1.29. The molecule has 3 nitrogen and oxygen atoms in total. The molecule has 2 saturated heterocycles. The molecule has 2 aliphatic rings. The van der Waals surface area contributed by atoms with E-state index in [1.165, 1.54) is 19.3 Å². The molecule has 0 aromatic carbocycles. The standard InChI is InChI=1S/C11H21NO2/c12-11(6-9-3-5-14-7-9)10-2-1-4-13-8-10/h9-11H,1-8,12H2. The zero-order chi connectivity index (χ0) is 9.80. The predicted molar refractivity (Wildman–Crippen MR) is 55.1 cm³/mol. The van der Waals surface area contributed by atoms with Gasteiger partial charge in [-0.05, 0) is 37.5 Å². The first-order valence-electron chi connectivity index (χ1n) is 5.77. The first-order valence-corrected chi connectivity index (χ1v) is 5.77. The molecule has 0 bridgehead atoms. The largest absolute Gasteiger partial charge is 0.381 e. The van der Waals surface area contributed by atoms with Crippen molar-refractivity contribution in [1.82, 2.24) is 0 Å². The van der Waals surface area contributed by atoms with Crippen molar-refractivity contribution in [1.29, 1.82) is 0 Å². The van der Waals surface area contributed by atoms with Crippen LogP contribution in [0.25, 0.3) is 0 Å². The van der Waals surface area contributed by atoms with E-state index in [1.807, 2.05) is 0 Å². The van der Waals surface area contributed by atoms with E-state index >= 15 is 0 Å². The van der Waals surface area contributed by atoms with Gasteiger partial charge in [0.2, 0.25) is 0 Å². The van der Waals surface area contributed by atoms with Gasteiger partial charge in [0.05, 0.1) is 6.61 Å². The third-order valence-corrected chi connectivity index (χ3v) is 3.43. The van der Waals surface area contributed by atoms with Gasteiger partial charge >= 0.3 is 0 Å². The van der Waals surface area contributed by atoms with Crippen LogP contribution in [0.5, 0.6) is 0 Å². The summed E-state index contributed by atoms with van der Waals surface area (Å²) < 4.78 is 10.8. The molecule has 2 heterocycles. The van der Waals surface area contributed by atoms with Crippen LogP contribution in [0, 0.1) is 11.8 Å². The summed E-state index contributed by atoms with van der Waals surface area (Å²) in [6.07, 6.45) is 4.74. The van der Waals surface area contributed by atoms with Gasteiger partial charge in [0.25, 0.3) is 0 Å². The van der Waals surface area contributed by atoms with E-state index in [9.17, 15) is 0 Å². The second kappa shape index (κ2) is 5.10. The van der Waals surface area contributed by atoms with Crippen LogP contribution < -0.4 is 5.73 Å². The molecule has 0 aliphatic carbocycles. The summed E-state index contributed by atoms with van der Waals surface area (Å²) >= 11 is 0. The Morgan fingerprint density at radius 3 is 2.64 bits per heavy atom. The van der Waals surface area contributed by atoms with E-state index in [4.69, 9.17) is 15.2 Å². The van der Waals surface area contributed by atoms with Gasteiger partial charge in [-0.2, -0.15) is 0 Å². The highest BCUT2D eigenvalue weighted by molar-refractivity contribution is 4.79. The van der Waals surface area contributed by atoms with Crippen LogP contribution in [0.1, 0.15) is 25.7 Å². The van der Waals surface area contributed by atoms with Gasteiger partial charge < -0.3 is 15.2 Å². The Hall–Kier alpha value is -0.120. The SMILES string of the molecule is NC(CC1CCOC1)C1CCCOC1. The van der Waals surface area contributed by atoms with Crippen molar-refractivity contribution < 1.29 is 9.47 Å². The number of nitrogens with two attached hydrogens (primary N) is 1. The summed E-state index contributed by atoms with van der Waals surface area (Å²) in [7, 11) is 0. The molecule has 0 amide bonds. The second-order valence-electron chi connectivity index (χ2n) is 4.61. The van der Waals surface area contributed by atoms with E-state index in [0.29, 0.717) is 17.9 Å². The van der Waals surface area contributed by atoms with E-state index in [2.05, 4.69) is 0 Å². The highest BCUT2D eigenvalue weighted by Gasteiger charge is 2.25. The van der Waals surface area contributed by atoms with Crippen LogP contribution in [0.2, 0.25) is 0 Å². The number of hydrogen-bond donors (Lipinski definition) is 1. The Morgan fingerprint density at radius 1 is 1.14 bits per heavy atom. The highest BCUT2D eigenvalue weighted by atomic mass is 16.5. The Labute approximate surface area is 85.9 Å². The van der Waals surface area contributed by atoms with E-state index in [1.54, 1.807) is 0 Å². The molecule has 0 spiro atoms. The van der Waals surface area contributed by atoms with Gasteiger partial charge in [0.15, 0.2) is 0 Å². The maximum atomic E-state index is 6.19. The van der Waals surface area contributed by atoms with Gasteiger partial charge in [0.1, 0.15) is 0 Å². The molecular formula is C11H21NO2. The van der Waals surface area contributed by atoms with Crippen molar-refractivity contribution in [3.8, 4) is 0 Å². The molecule has 0 aromatic rings. The molecule has 3 atom stereocenters. The van der Waals surface area contributed by atoms with Crippen LogP contribution >= 0.6 is 0 Å². The Morgan fingerprint density at radius 2 is 2.00 bits per heavy atom. The molecule has 3 heteroatoms. The third-order valence-electron chi connectivity index (χ3n) is 3.43. The van der Waals surface area contributed by atoms with Crippen molar-refractivity contribution in [3.63, 3.8) is 0 Å². The molecule has 0 radical (unpaired) electrons. The molecular weight excluding hydrogens is 178 g/mol. The number of hydrogen-bond acceptors (Lipinski definition) is 3. The van der Waals surface area contributed by atoms with Crippen LogP contribution in [-0.2, 0) is 9.47 Å². The van der Waals surface area contributed by atoms with Crippen molar-refractivity contribution >= 4 is 0 Å². The zero-order valence-corrected chi connectivity index (χ0v) is 8.78. The summed E-state index contributed by atoms with van der Waals surface area (Å²) in [6, 6.07) is 0.321. The lowest BCUT2D eigenvalue weighted by molar-refractivity contribution is 0.0411. The van der Waals surface area contributed by atoms with Crippen molar-refractivity contribution in [2.24, 2.45) is 17.6 Å². The maximum Gasteiger partial charge on any atom is 0.0509 e. The smallest absolute Gasteiger partial charge is 0.0509 e. The maximum absolute atomic E-state index is 6.19. The average molecular weight is 199 g/mol. The van der Waals surface area contributed by atoms with Gasteiger partial charge in [0, 0.05) is 25.9 Å². The van der Waals surface area contributed by atoms with Crippen molar-refractivity contribution in [2.45, 2.75) is 31.7 Å². The fourth-order valence-electron chi connectivity index (χ4n) is 2.45. The van der Waals surface area contributed by atoms with E-state index < -0.39 is 0 Å². The fraction of sp³-hybridized carbons (Fsp3) is 1.00. The molecule has 82 valence electrons. The summed E-state index contributed by atoms with van der Waals surface area (Å²) in [4.78, 5) is 0. The fourth-order valence-corrected chi connectivity index (χ4v) is 2.45. The second-order valence-corrected chi connectivity index (χ2v) is 4.61. The topological polar surface area (TPSA) is 44.5 Å². The van der Waals surface area contributed by atoms with E-state index in [-0.39, 0.29) is 0 Å². The zero-order valence-electron chi connectivity index (χ0n) is 8.78. The Balaban J connectivity index is 1.72. The minimum absolute atomic E-state index is 0.321. The molecule has 2 aliphatic heterocycles. The van der Waals surface area contributed by atoms with Crippen molar-refractivity contribution in [2.75, 3.05) is 26.4 Å². The van der Waals surface area contributed by atoms with Crippen molar-refractivity contribution in [3.05, 3.63) is 0 Å². The van der Waals surface area contributed by atoms with E-state index in [0.717, 1.165) is 32.8 Å². The first kappa shape index (κ1) is 10.4. The molecule has 2 N–H and O–H groups in total. The molecule has 2 rings (SSSR count). The van der Waals surface area contributed by atoms with Gasteiger partial charge in [-0.15, -0.1) is 0 Å². The number of rotatable bonds is 3. The predicted octanol–water partition coefficient (Wildman–Crippen LogP) is 1.17. The lowest BCUT2D eigenvalue weighted by Gasteiger charge is -2.28. The van der Waals surface area contributed by atoms with Crippen LogP contribution in [-0.4, -0.2) is 32.5 Å². The minimum Gasteiger partial charge on any atom is -0.381 e. The van der Waals surface area contributed by atoms with Crippen LogP contribution in [0.3, 0.4) is 0 Å². The minimum atomic E-state index is 0.321. The first-order chi connectivity index (χ1) is 6.86. The molecule has 3 unspecified atom stereocenters. The normalized spacial score (nSPS) is 35.8. The summed E-state index contributed by atoms with van der Waals surface area (Å²) in [5, 5.41) is 0. The van der Waals surface area contributed by atoms with Gasteiger partial charge in [-0.3, -0.25) is 0 Å². The van der Waals surface area contributed by atoms with Crippen LogP contribution in [0.15, 0.2) is 0 Å². The Bertz CT molecular complexity index is 163. The summed E-state index contributed by atoms with van der Waals surface area (Å²) in [5.41, 5.74) is 6.19. The monoisotopic (exact) mass is 199 g/mol. The lowest BCUT2D eigenvalue weighted by Crippen LogP contribution is -2.37. The molecule has 14 heavy (non-hydrogen) atoms. The third kappa shape index (κ3) is 2.69. The molecule has 0 aromatic heterocycles. The summed E-state index contributed by atoms with van der Waals surface area (Å²) in [6.45, 7) is 3.64. The Kier molecular flexibility index (Phi) is 3.79. The highest BCUT2D eigenvalue weighted by Crippen LogP contribution is 2.24. The molecule has 0 saturated carbocycles. The van der Waals surface area contributed by atoms with Gasteiger partial charge in [-0.1, -0.05) is 0 Å². The quantitative estimate of drug-likeness (QED) is 0.742. The molecule has 2 fully saturated rings. The van der Waals surface area contributed by atoms with Gasteiger partial charge in [-0.25, -0.2) is 0 Å². The van der Waals surface area contributed by atoms with Crippen LogP contribution in [0.4, 0.5) is 0 Å². The lowest BCUT2D eigenvalue weighted by atomic mass is 9.87. The average Bonchev–Trinajstić information content (AvgIpc) is 2.72. The number of ether oxygens (including phenoxy) is 2.